The number of aromatic nitrogens is 2. The number of thioether (sulfide) groups is 1. The van der Waals surface area contributed by atoms with E-state index in [9.17, 15) is 4.79 Å². The zero-order valence-corrected chi connectivity index (χ0v) is 14.8. The van der Waals surface area contributed by atoms with Crippen LogP contribution in [0, 0.1) is 13.8 Å². The van der Waals surface area contributed by atoms with Crippen LogP contribution in [0.25, 0.3) is 0 Å². The van der Waals surface area contributed by atoms with Crippen LogP contribution in [0.15, 0.2) is 34.5 Å². The zero-order chi connectivity index (χ0) is 17.6. The second-order valence-corrected chi connectivity index (χ2v) is 6.33. The molecule has 0 unspecified atom stereocenters. The SMILES string of the molecule is Cc1cc(C)nc(SCC(=O)N/N=C/c2cccc3c2OCCO3)n1. The van der Waals surface area contributed by atoms with Crippen LogP contribution in [0.4, 0.5) is 0 Å². The number of hydrogen-bond donors (Lipinski definition) is 1. The Hall–Kier alpha value is -2.61. The third kappa shape index (κ3) is 4.69. The highest BCUT2D eigenvalue weighted by Crippen LogP contribution is 2.32. The van der Waals surface area contributed by atoms with Crippen molar-refractivity contribution < 1.29 is 14.3 Å². The number of hydrogen-bond acceptors (Lipinski definition) is 7. The van der Waals surface area contributed by atoms with E-state index in [-0.39, 0.29) is 11.7 Å². The lowest BCUT2D eigenvalue weighted by atomic mass is 10.2. The van der Waals surface area contributed by atoms with E-state index in [2.05, 4.69) is 20.5 Å². The number of benzene rings is 1. The fraction of sp³-hybridized carbons (Fsp3) is 0.294. The molecule has 25 heavy (non-hydrogen) atoms. The first-order valence-electron chi connectivity index (χ1n) is 7.77. The molecule has 2 heterocycles. The summed E-state index contributed by atoms with van der Waals surface area (Å²) in [5.41, 5.74) is 5.01. The van der Waals surface area contributed by atoms with Gasteiger partial charge in [0.05, 0.1) is 12.0 Å². The van der Waals surface area contributed by atoms with Gasteiger partial charge in [0.1, 0.15) is 13.2 Å². The fourth-order valence-corrected chi connectivity index (χ4v) is 3.03. The van der Waals surface area contributed by atoms with Crippen molar-refractivity contribution in [3.05, 3.63) is 41.2 Å². The zero-order valence-electron chi connectivity index (χ0n) is 14.0. The predicted molar refractivity (Wildman–Crippen MR) is 95.4 cm³/mol. The molecule has 7 nitrogen and oxygen atoms in total. The van der Waals surface area contributed by atoms with Crippen molar-refractivity contribution in [3.8, 4) is 11.5 Å². The molecule has 130 valence electrons. The number of amides is 1. The van der Waals surface area contributed by atoms with E-state index in [4.69, 9.17) is 9.47 Å². The summed E-state index contributed by atoms with van der Waals surface area (Å²) in [5.74, 6) is 1.28. The van der Waals surface area contributed by atoms with E-state index in [1.54, 1.807) is 6.21 Å². The Morgan fingerprint density at radius 1 is 1.28 bits per heavy atom. The molecule has 0 saturated carbocycles. The molecule has 1 N–H and O–H groups in total. The van der Waals surface area contributed by atoms with Gasteiger partial charge in [0, 0.05) is 17.0 Å². The number of carbonyl (C=O) groups excluding carboxylic acids is 1. The molecule has 0 bridgehead atoms. The van der Waals surface area contributed by atoms with Crippen LogP contribution in [0.1, 0.15) is 17.0 Å². The minimum Gasteiger partial charge on any atom is -0.486 e. The maximum atomic E-state index is 11.9. The summed E-state index contributed by atoms with van der Waals surface area (Å²) in [5, 5.41) is 4.57. The third-order valence-electron chi connectivity index (χ3n) is 3.28. The first-order chi connectivity index (χ1) is 12.1. The number of nitrogens with zero attached hydrogens (tertiary/aromatic N) is 3. The Labute approximate surface area is 149 Å². The first kappa shape index (κ1) is 17.2. The van der Waals surface area contributed by atoms with Crippen LogP contribution < -0.4 is 14.9 Å². The largest absolute Gasteiger partial charge is 0.486 e. The molecule has 1 aromatic carbocycles. The molecule has 3 rings (SSSR count). The minimum absolute atomic E-state index is 0.187. The highest BCUT2D eigenvalue weighted by molar-refractivity contribution is 7.99. The summed E-state index contributed by atoms with van der Waals surface area (Å²) in [6, 6.07) is 7.43. The Kier molecular flexibility index (Phi) is 5.49. The molecule has 0 spiro atoms. The van der Waals surface area contributed by atoms with E-state index in [1.807, 2.05) is 38.1 Å². The second kappa shape index (κ2) is 7.98. The molecule has 1 aromatic heterocycles. The molecule has 0 saturated heterocycles. The molecule has 0 radical (unpaired) electrons. The lowest BCUT2D eigenvalue weighted by molar-refractivity contribution is -0.118. The maximum Gasteiger partial charge on any atom is 0.250 e. The monoisotopic (exact) mass is 358 g/mol. The number of aryl methyl sites for hydroxylation is 2. The van der Waals surface area contributed by atoms with Crippen LogP contribution >= 0.6 is 11.8 Å². The van der Waals surface area contributed by atoms with Gasteiger partial charge in [-0.2, -0.15) is 5.10 Å². The van der Waals surface area contributed by atoms with Crippen LogP contribution in [-0.2, 0) is 4.79 Å². The van der Waals surface area contributed by atoms with Gasteiger partial charge in [-0.15, -0.1) is 0 Å². The second-order valence-electron chi connectivity index (χ2n) is 5.39. The standard InChI is InChI=1S/C17H18N4O3S/c1-11-8-12(2)20-17(19-11)25-10-15(22)21-18-9-13-4-3-5-14-16(13)24-7-6-23-14/h3-5,8-9H,6-7,10H2,1-2H3,(H,21,22)/b18-9+. The number of para-hydroxylation sites is 1. The topological polar surface area (TPSA) is 85.7 Å². The van der Waals surface area contributed by atoms with Crippen molar-refractivity contribution in [1.82, 2.24) is 15.4 Å². The predicted octanol–water partition coefficient (Wildman–Crippen LogP) is 2.11. The minimum atomic E-state index is -0.231. The van der Waals surface area contributed by atoms with Crippen LogP contribution in [0.2, 0.25) is 0 Å². The van der Waals surface area contributed by atoms with E-state index in [1.165, 1.54) is 11.8 Å². The molecular formula is C17H18N4O3S. The number of fused-ring (bicyclic) bond motifs is 1. The lowest BCUT2D eigenvalue weighted by Crippen LogP contribution is -2.20. The maximum absolute atomic E-state index is 11.9. The van der Waals surface area contributed by atoms with Crippen molar-refractivity contribution in [1.29, 1.82) is 0 Å². The van der Waals surface area contributed by atoms with Gasteiger partial charge < -0.3 is 9.47 Å². The number of nitrogens with one attached hydrogen (secondary N) is 1. The van der Waals surface area contributed by atoms with Gasteiger partial charge in [0.25, 0.3) is 5.91 Å². The molecular weight excluding hydrogens is 340 g/mol. The van der Waals surface area contributed by atoms with Crippen molar-refractivity contribution >= 4 is 23.9 Å². The smallest absolute Gasteiger partial charge is 0.250 e. The summed E-state index contributed by atoms with van der Waals surface area (Å²) in [4.78, 5) is 20.5. The normalized spacial score (nSPS) is 13.0. The Balaban J connectivity index is 1.55. The van der Waals surface area contributed by atoms with Gasteiger partial charge in [0.2, 0.25) is 0 Å². The molecule has 1 amide bonds. The molecule has 2 aromatic rings. The number of hydrazone groups is 1. The molecule has 1 aliphatic rings. The highest BCUT2D eigenvalue weighted by Gasteiger charge is 2.14. The van der Waals surface area contributed by atoms with Gasteiger partial charge in [0.15, 0.2) is 16.7 Å². The Morgan fingerprint density at radius 2 is 2.04 bits per heavy atom. The third-order valence-corrected chi connectivity index (χ3v) is 4.13. The van der Waals surface area contributed by atoms with Gasteiger partial charge in [-0.25, -0.2) is 15.4 Å². The number of ether oxygens (including phenoxy) is 2. The summed E-state index contributed by atoms with van der Waals surface area (Å²) >= 11 is 1.27. The lowest BCUT2D eigenvalue weighted by Gasteiger charge is -2.19. The van der Waals surface area contributed by atoms with Gasteiger partial charge >= 0.3 is 0 Å². The average Bonchev–Trinajstić information content (AvgIpc) is 2.59. The molecule has 0 atom stereocenters. The van der Waals surface area contributed by atoms with E-state index in [0.29, 0.717) is 29.9 Å². The number of carbonyl (C=O) groups is 1. The quantitative estimate of drug-likeness (QED) is 0.381. The van der Waals surface area contributed by atoms with Crippen molar-refractivity contribution in [3.63, 3.8) is 0 Å². The van der Waals surface area contributed by atoms with Crippen LogP contribution in [0.3, 0.4) is 0 Å². The van der Waals surface area contributed by atoms with Crippen molar-refractivity contribution in [2.45, 2.75) is 19.0 Å². The van der Waals surface area contributed by atoms with E-state index in [0.717, 1.165) is 17.0 Å². The summed E-state index contributed by atoms with van der Waals surface area (Å²) in [6.07, 6.45) is 1.55. The van der Waals surface area contributed by atoms with E-state index < -0.39 is 0 Å². The molecule has 1 aliphatic heterocycles. The van der Waals surface area contributed by atoms with Crippen LogP contribution in [0.5, 0.6) is 11.5 Å². The first-order valence-corrected chi connectivity index (χ1v) is 8.76. The highest BCUT2D eigenvalue weighted by atomic mass is 32.2. The van der Waals surface area contributed by atoms with Gasteiger partial charge in [-0.3, -0.25) is 4.79 Å². The average molecular weight is 358 g/mol. The van der Waals surface area contributed by atoms with Crippen molar-refractivity contribution in [2.75, 3.05) is 19.0 Å². The van der Waals surface area contributed by atoms with Gasteiger partial charge in [-0.1, -0.05) is 17.8 Å². The summed E-state index contributed by atoms with van der Waals surface area (Å²) in [6.45, 7) is 4.82. The number of rotatable bonds is 5. The summed E-state index contributed by atoms with van der Waals surface area (Å²) < 4.78 is 11.1. The fourth-order valence-electron chi connectivity index (χ4n) is 2.29. The Morgan fingerprint density at radius 3 is 2.84 bits per heavy atom. The molecule has 8 heteroatoms. The Bertz CT molecular complexity index is 790. The van der Waals surface area contributed by atoms with E-state index >= 15 is 0 Å². The summed E-state index contributed by atoms with van der Waals surface area (Å²) in [7, 11) is 0. The molecule has 0 aliphatic carbocycles. The van der Waals surface area contributed by atoms with Crippen LogP contribution in [-0.4, -0.2) is 41.1 Å². The van der Waals surface area contributed by atoms with Crippen molar-refractivity contribution in [2.24, 2.45) is 5.10 Å². The molecule has 0 fully saturated rings. The van der Waals surface area contributed by atoms with Gasteiger partial charge in [-0.05, 0) is 32.0 Å².